The summed E-state index contributed by atoms with van der Waals surface area (Å²) in [5.74, 6) is 0. The Morgan fingerprint density at radius 2 is 2.31 bits per heavy atom. The molecule has 0 unspecified atom stereocenters. The summed E-state index contributed by atoms with van der Waals surface area (Å²) in [4.78, 5) is 13.4. The number of thiocarbonyl (C=S) groups is 1. The zero-order valence-corrected chi connectivity index (χ0v) is 7.80. The van der Waals surface area contributed by atoms with Gasteiger partial charge in [-0.2, -0.15) is 4.99 Å². The van der Waals surface area contributed by atoms with E-state index < -0.39 is 4.92 Å². The molecule has 1 aromatic carbocycles. The third-order valence-electron chi connectivity index (χ3n) is 1.30. The van der Waals surface area contributed by atoms with Crippen molar-refractivity contribution in [3.8, 4) is 0 Å². The minimum absolute atomic E-state index is 0.0384. The average Bonchev–Trinajstić information content (AvgIpc) is 2.04. The summed E-state index contributed by atoms with van der Waals surface area (Å²) < 4.78 is 0. The molecule has 1 aromatic rings. The van der Waals surface area contributed by atoms with E-state index in [-0.39, 0.29) is 10.7 Å². The number of aliphatic imine (C=N–C) groups is 1. The van der Waals surface area contributed by atoms with Crippen molar-refractivity contribution in [3.05, 3.63) is 33.3 Å². The summed E-state index contributed by atoms with van der Waals surface area (Å²) >= 11 is 9.96. The van der Waals surface area contributed by atoms with Gasteiger partial charge in [0.05, 0.1) is 15.8 Å². The maximum absolute atomic E-state index is 10.3. The Morgan fingerprint density at radius 3 is 2.77 bits per heavy atom. The van der Waals surface area contributed by atoms with Crippen LogP contribution in [0.15, 0.2) is 23.2 Å². The third kappa shape index (κ3) is 2.32. The molecule has 0 saturated heterocycles. The molecule has 0 saturated carbocycles. The first-order valence-electron chi connectivity index (χ1n) is 3.17. The third-order valence-corrected chi connectivity index (χ3v) is 1.70. The van der Waals surface area contributed by atoms with Crippen molar-refractivity contribution in [2.75, 3.05) is 0 Å². The van der Waals surface area contributed by atoms with Crippen molar-refractivity contribution in [3.63, 3.8) is 0 Å². The van der Waals surface area contributed by atoms with Gasteiger partial charge in [0.25, 0.3) is 5.69 Å². The van der Waals surface area contributed by atoms with Crippen LogP contribution in [0.1, 0.15) is 0 Å². The molecule has 6 heteroatoms. The van der Waals surface area contributed by atoms with Gasteiger partial charge in [-0.3, -0.25) is 10.1 Å². The molecule has 0 spiro atoms. The number of nitrogens with zero attached hydrogens (tertiary/aromatic N) is 2. The van der Waals surface area contributed by atoms with Crippen LogP contribution in [-0.4, -0.2) is 10.1 Å². The molecule has 0 aromatic heterocycles. The minimum atomic E-state index is -0.562. The van der Waals surface area contributed by atoms with Crippen molar-refractivity contribution in [2.45, 2.75) is 0 Å². The summed E-state index contributed by atoms with van der Waals surface area (Å²) in [7, 11) is 0. The summed E-state index contributed by atoms with van der Waals surface area (Å²) in [6.45, 7) is 0. The van der Waals surface area contributed by atoms with E-state index >= 15 is 0 Å². The van der Waals surface area contributed by atoms with Crippen LogP contribution in [0, 0.1) is 10.1 Å². The lowest BCUT2D eigenvalue weighted by molar-refractivity contribution is -0.384. The normalized spacial score (nSPS) is 9.00. The number of hydrogen-bond donors (Lipinski definition) is 0. The fourth-order valence-corrected chi connectivity index (χ4v) is 1.12. The number of rotatable bonds is 2. The zero-order chi connectivity index (χ0) is 9.84. The molecule has 0 fully saturated rings. The maximum atomic E-state index is 10.3. The van der Waals surface area contributed by atoms with Crippen LogP contribution in [0.25, 0.3) is 0 Å². The van der Waals surface area contributed by atoms with Gasteiger partial charge in [0, 0.05) is 6.07 Å². The Balaban J connectivity index is 3.19. The highest BCUT2D eigenvalue weighted by molar-refractivity contribution is 7.78. The molecule has 0 heterocycles. The van der Waals surface area contributed by atoms with E-state index in [1.807, 2.05) is 0 Å². The predicted molar refractivity (Wildman–Crippen MR) is 52.8 cm³/mol. The number of isothiocyanates is 1. The maximum Gasteiger partial charge on any atom is 0.288 e. The van der Waals surface area contributed by atoms with Crippen LogP contribution in [0.5, 0.6) is 0 Å². The molecule has 0 bridgehead atoms. The van der Waals surface area contributed by atoms with Crippen molar-refractivity contribution in [1.82, 2.24) is 0 Å². The van der Waals surface area contributed by atoms with Gasteiger partial charge in [-0.25, -0.2) is 0 Å². The number of nitro benzene ring substituents is 1. The summed E-state index contributed by atoms with van der Waals surface area (Å²) in [5, 5.41) is 12.5. The smallest absolute Gasteiger partial charge is 0.258 e. The highest BCUT2D eigenvalue weighted by Gasteiger charge is 2.11. The van der Waals surface area contributed by atoms with Crippen LogP contribution in [0.3, 0.4) is 0 Å². The Morgan fingerprint density at radius 1 is 1.62 bits per heavy atom. The van der Waals surface area contributed by atoms with Gasteiger partial charge < -0.3 is 0 Å². The van der Waals surface area contributed by atoms with Crippen LogP contribution in [0.4, 0.5) is 11.4 Å². The van der Waals surface area contributed by atoms with Crippen molar-refractivity contribution in [2.24, 2.45) is 4.99 Å². The van der Waals surface area contributed by atoms with E-state index in [9.17, 15) is 10.1 Å². The fraction of sp³-hybridized carbons (Fsp3) is 0. The zero-order valence-electron chi connectivity index (χ0n) is 6.23. The van der Waals surface area contributed by atoms with Crippen LogP contribution >= 0.6 is 23.8 Å². The van der Waals surface area contributed by atoms with Gasteiger partial charge in [-0.1, -0.05) is 11.6 Å². The summed E-state index contributed by atoms with van der Waals surface area (Å²) in [6, 6.07) is 4.08. The first-order valence-corrected chi connectivity index (χ1v) is 3.95. The molecule has 0 aliphatic rings. The standard InChI is InChI=1S/C7H3ClN2O2S/c8-6-3-5(9-4-13)1-2-7(6)10(11)12/h1-3H. The molecule has 13 heavy (non-hydrogen) atoms. The van der Waals surface area contributed by atoms with Gasteiger partial charge in [-0.15, -0.1) is 0 Å². The van der Waals surface area contributed by atoms with E-state index in [4.69, 9.17) is 11.6 Å². The van der Waals surface area contributed by atoms with Crippen LogP contribution in [0.2, 0.25) is 5.02 Å². The topological polar surface area (TPSA) is 55.5 Å². The Bertz CT molecular complexity index is 401. The molecule has 4 nitrogen and oxygen atoms in total. The minimum Gasteiger partial charge on any atom is -0.258 e. The van der Waals surface area contributed by atoms with E-state index in [1.54, 1.807) is 0 Å². The highest BCUT2D eigenvalue weighted by Crippen LogP contribution is 2.28. The number of halogens is 1. The molecule has 0 aliphatic heterocycles. The lowest BCUT2D eigenvalue weighted by Gasteiger charge is -1.94. The van der Waals surface area contributed by atoms with E-state index in [0.29, 0.717) is 5.69 Å². The quantitative estimate of drug-likeness (QED) is 0.329. The van der Waals surface area contributed by atoms with Crippen molar-refractivity contribution < 1.29 is 4.92 Å². The molecule has 1 rings (SSSR count). The molecule has 0 aliphatic carbocycles. The van der Waals surface area contributed by atoms with E-state index in [2.05, 4.69) is 22.4 Å². The number of nitro groups is 1. The molecule has 66 valence electrons. The first kappa shape index (κ1) is 9.80. The molecule has 0 N–H and O–H groups in total. The summed E-state index contributed by atoms with van der Waals surface area (Å²) in [5.41, 5.74) is 0.301. The molecule has 0 amide bonds. The van der Waals surface area contributed by atoms with Gasteiger partial charge in [0.15, 0.2) is 0 Å². The van der Waals surface area contributed by atoms with Gasteiger partial charge >= 0.3 is 0 Å². The van der Waals surface area contributed by atoms with Gasteiger partial charge in [-0.05, 0) is 24.4 Å². The average molecular weight is 215 g/mol. The highest BCUT2D eigenvalue weighted by atomic mass is 35.5. The summed E-state index contributed by atoms with van der Waals surface area (Å²) in [6.07, 6.45) is 0. The largest absolute Gasteiger partial charge is 0.288 e. The van der Waals surface area contributed by atoms with Crippen molar-refractivity contribution >= 4 is 40.4 Å². The molecule has 0 atom stereocenters. The van der Waals surface area contributed by atoms with E-state index in [0.717, 1.165) is 0 Å². The fourth-order valence-electron chi connectivity index (χ4n) is 0.766. The van der Waals surface area contributed by atoms with Gasteiger partial charge in [0.2, 0.25) is 0 Å². The Kier molecular flexibility index (Phi) is 3.08. The SMILES string of the molecule is O=[N+]([O-])c1ccc(N=C=S)cc1Cl. The predicted octanol–water partition coefficient (Wildman–Crippen LogP) is 2.98. The lowest BCUT2D eigenvalue weighted by Crippen LogP contribution is -1.87. The molecule has 0 radical (unpaired) electrons. The van der Waals surface area contributed by atoms with Gasteiger partial charge in [0.1, 0.15) is 5.02 Å². The van der Waals surface area contributed by atoms with Crippen molar-refractivity contribution in [1.29, 1.82) is 0 Å². The lowest BCUT2D eigenvalue weighted by atomic mass is 10.3. The number of benzene rings is 1. The van der Waals surface area contributed by atoms with Crippen LogP contribution < -0.4 is 0 Å². The Labute approximate surface area is 84.0 Å². The number of hydrogen-bond acceptors (Lipinski definition) is 4. The van der Waals surface area contributed by atoms with E-state index in [1.165, 1.54) is 18.2 Å². The molecular weight excluding hydrogens is 212 g/mol. The first-order chi connectivity index (χ1) is 6.15. The monoisotopic (exact) mass is 214 g/mol. The Hall–Kier alpha value is -1.29. The van der Waals surface area contributed by atoms with Crippen LogP contribution in [-0.2, 0) is 0 Å². The molecular formula is C7H3ClN2O2S. The second-order valence-corrected chi connectivity index (χ2v) is 2.69. The second kappa shape index (κ2) is 4.09. The second-order valence-electron chi connectivity index (χ2n) is 2.10.